The quantitative estimate of drug-likeness (QED) is 0.569. The monoisotopic (exact) mass is 453 g/mol. The summed E-state index contributed by atoms with van der Waals surface area (Å²) in [6, 6.07) is 15.4. The van der Waals surface area contributed by atoms with Crippen molar-refractivity contribution in [3.63, 3.8) is 0 Å². The zero-order valence-electron chi connectivity index (χ0n) is 16.9. The van der Waals surface area contributed by atoms with Gasteiger partial charge in [-0.05, 0) is 73.9 Å². The van der Waals surface area contributed by atoms with Gasteiger partial charge in [0.1, 0.15) is 0 Å². The van der Waals surface area contributed by atoms with E-state index < -0.39 is 0 Å². The Morgan fingerprint density at radius 2 is 1.81 bits per heavy atom. The number of aryl methyl sites for hydroxylation is 1. The summed E-state index contributed by atoms with van der Waals surface area (Å²) >= 11 is 11.9. The van der Waals surface area contributed by atoms with E-state index in [0.29, 0.717) is 27.7 Å². The highest BCUT2D eigenvalue weighted by atomic mass is 35.5. The molecule has 5 nitrogen and oxygen atoms in total. The Kier molecular flexibility index (Phi) is 6.25. The van der Waals surface area contributed by atoms with Crippen LogP contribution < -0.4 is 10.2 Å². The molecule has 0 spiro atoms. The van der Waals surface area contributed by atoms with Gasteiger partial charge >= 0.3 is 0 Å². The molecule has 2 heterocycles. The van der Waals surface area contributed by atoms with Crippen LogP contribution in [0.15, 0.2) is 60.8 Å². The number of fused-ring (bicyclic) bond motifs is 1. The number of amides is 2. The minimum absolute atomic E-state index is 0.0953. The summed E-state index contributed by atoms with van der Waals surface area (Å²) in [4.78, 5) is 31.8. The van der Waals surface area contributed by atoms with Crippen LogP contribution in [0.3, 0.4) is 0 Å². The van der Waals surface area contributed by atoms with Gasteiger partial charge in [0, 0.05) is 27.7 Å². The number of hydrogen-bond donors (Lipinski definition) is 1. The van der Waals surface area contributed by atoms with Gasteiger partial charge in [0.15, 0.2) is 0 Å². The van der Waals surface area contributed by atoms with Gasteiger partial charge in [-0.25, -0.2) is 0 Å². The van der Waals surface area contributed by atoms with E-state index in [2.05, 4.69) is 10.3 Å². The summed E-state index contributed by atoms with van der Waals surface area (Å²) in [7, 11) is 0. The fraction of sp³-hybridized carbons (Fsp3) is 0.208. The first-order valence-corrected chi connectivity index (χ1v) is 10.8. The van der Waals surface area contributed by atoms with Gasteiger partial charge in [-0.1, -0.05) is 29.3 Å². The fourth-order valence-electron chi connectivity index (χ4n) is 3.68. The number of hydrogen-bond acceptors (Lipinski definition) is 3. The van der Waals surface area contributed by atoms with Crippen LogP contribution in [0.4, 0.5) is 5.69 Å². The van der Waals surface area contributed by atoms with E-state index in [-0.39, 0.29) is 17.9 Å². The predicted octanol–water partition coefficient (Wildman–Crippen LogP) is 5.47. The number of carbonyl (C=O) groups is 2. The molecule has 31 heavy (non-hydrogen) atoms. The fourth-order valence-corrected chi connectivity index (χ4v) is 4.00. The molecule has 7 heteroatoms. The molecule has 1 aromatic heterocycles. The smallest absolute Gasteiger partial charge is 0.258 e. The van der Waals surface area contributed by atoms with Crippen molar-refractivity contribution in [1.82, 2.24) is 10.3 Å². The van der Waals surface area contributed by atoms with Crippen LogP contribution in [0.25, 0.3) is 0 Å². The molecule has 158 valence electrons. The number of nitrogens with one attached hydrogen (secondary N) is 1. The standard InChI is InChI=1S/C24H21Cl2N3O2/c1-15(28-23(30)16-7-9-19(25)10-8-16)21-13-17-5-3-11-29(22(17)14-27-21)24(31)18-4-2-6-20(26)12-18/h2,4,6-10,12-15H,3,5,11H2,1H3,(H,28,30)/t15-/m1/s1. The minimum atomic E-state index is -0.285. The van der Waals surface area contributed by atoms with Gasteiger partial charge in [-0.2, -0.15) is 0 Å². The summed E-state index contributed by atoms with van der Waals surface area (Å²) in [5.74, 6) is -0.288. The van der Waals surface area contributed by atoms with Crippen LogP contribution in [0.1, 0.15) is 51.4 Å². The molecular formula is C24H21Cl2N3O2. The summed E-state index contributed by atoms with van der Waals surface area (Å²) in [6.07, 6.45) is 3.42. The molecule has 0 aliphatic carbocycles. The Balaban J connectivity index is 1.53. The highest BCUT2D eigenvalue weighted by Crippen LogP contribution is 2.30. The largest absolute Gasteiger partial charge is 0.344 e. The number of benzene rings is 2. The van der Waals surface area contributed by atoms with Gasteiger partial charge in [0.25, 0.3) is 11.8 Å². The van der Waals surface area contributed by atoms with Crippen LogP contribution in [0.2, 0.25) is 10.0 Å². The molecular weight excluding hydrogens is 433 g/mol. The summed E-state index contributed by atoms with van der Waals surface area (Å²) in [6.45, 7) is 2.52. The lowest BCUT2D eigenvalue weighted by atomic mass is 10.00. The zero-order valence-corrected chi connectivity index (χ0v) is 18.5. The van der Waals surface area contributed by atoms with E-state index in [1.165, 1.54) is 0 Å². The first kappa shape index (κ1) is 21.3. The lowest BCUT2D eigenvalue weighted by molar-refractivity contribution is 0.0938. The van der Waals surface area contributed by atoms with Gasteiger partial charge < -0.3 is 10.2 Å². The lowest BCUT2D eigenvalue weighted by Crippen LogP contribution is -2.36. The molecule has 0 saturated heterocycles. The normalized spacial score (nSPS) is 14.0. The molecule has 4 rings (SSSR count). The molecule has 1 aliphatic rings. The van der Waals surface area contributed by atoms with Crippen molar-refractivity contribution in [2.45, 2.75) is 25.8 Å². The number of anilines is 1. The van der Waals surface area contributed by atoms with Crippen molar-refractivity contribution in [1.29, 1.82) is 0 Å². The second-order valence-corrected chi connectivity index (χ2v) is 8.38. The van der Waals surface area contributed by atoms with Crippen LogP contribution in [0, 0.1) is 0 Å². The summed E-state index contributed by atoms with van der Waals surface area (Å²) in [5.41, 5.74) is 3.68. The number of nitrogens with zero attached hydrogens (tertiary/aromatic N) is 2. The molecule has 0 bridgehead atoms. The molecule has 2 amide bonds. The highest BCUT2D eigenvalue weighted by Gasteiger charge is 2.25. The van der Waals surface area contributed by atoms with Gasteiger partial charge in [-0.3, -0.25) is 14.6 Å². The number of halogens is 2. The molecule has 1 aliphatic heterocycles. The number of rotatable bonds is 4. The molecule has 0 fully saturated rings. The minimum Gasteiger partial charge on any atom is -0.344 e. The van der Waals surface area contributed by atoms with Crippen LogP contribution in [-0.2, 0) is 6.42 Å². The second-order valence-electron chi connectivity index (χ2n) is 7.51. The average Bonchev–Trinajstić information content (AvgIpc) is 2.78. The average molecular weight is 454 g/mol. The number of carbonyl (C=O) groups excluding carboxylic acids is 2. The lowest BCUT2D eigenvalue weighted by Gasteiger charge is -2.30. The molecule has 1 N–H and O–H groups in total. The highest BCUT2D eigenvalue weighted by molar-refractivity contribution is 6.31. The van der Waals surface area contributed by atoms with E-state index in [0.717, 1.165) is 29.8 Å². The third-order valence-corrected chi connectivity index (χ3v) is 5.81. The number of pyridine rings is 1. The summed E-state index contributed by atoms with van der Waals surface area (Å²) in [5, 5.41) is 4.08. The molecule has 0 radical (unpaired) electrons. The van der Waals surface area contributed by atoms with Crippen LogP contribution in [-0.4, -0.2) is 23.3 Å². The first-order chi connectivity index (χ1) is 14.9. The maximum atomic E-state index is 13.0. The Morgan fingerprint density at radius 1 is 1.03 bits per heavy atom. The molecule has 1 atom stereocenters. The summed E-state index contributed by atoms with van der Waals surface area (Å²) < 4.78 is 0. The van der Waals surface area contributed by atoms with Crippen molar-refractivity contribution in [3.8, 4) is 0 Å². The van der Waals surface area contributed by atoms with Crippen molar-refractivity contribution in [3.05, 3.63) is 93.2 Å². The van der Waals surface area contributed by atoms with E-state index >= 15 is 0 Å². The molecule has 0 unspecified atom stereocenters. The maximum absolute atomic E-state index is 13.0. The van der Waals surface area contributed by atoms with E-state index in [1.54, 1.807) is 59.6 Å². The van der Waals surface area contributed by atoms with Crippen molar-refractivity contribution < 1.29 is 9.59 Å². The first-order valence-electron chi connectivity index (χ1n) is 10.0. The Morgan fingerprint density at radius 3 is 2.55 bits per heavy atom. The van der Waals surface area contributed by atoms with Gasteiger partial charge in [0.2, 0.25) is 0 Å². The Labute approximate surface area is 191 Å². The van der Waals surface area contributed by atoms with Gasteiger partial charge in [0.05, 0.1) is 23.6 Å². The third-order valence-electron chi connectivity index (χ3n) is 5.32. The van der Waals surface area contributed by atoms with Crippen molar-refractivity contribution in [2.75, 3.05) is 11.4 Å². The van der Waals surface area contributed by atoms with E-state index in [1.807, 2.05) is 13.0 Å². The SMILES string of the molecule is C[C@@H](NC(=O)c1ccc(Cl)cc1)c1cc2c(cn1)N(C(=O)c1cccc(Cl)c1)CCC2. The topological polar surface area (TPSA) is 62.3 Å². The second kappa shape index (κ2) is 9.08. The molecule has 0 saturated carbocycles. The van der Waals surface area contributed by atoms with Crippen LogP contribution in [0.5, 0.6) is 0 Å². The van der Waals surface area contributed by atoms with Crippen molar-refractivity contribution in [2.24, 2.45) is 0 Å². The Bertz CT molecular complexity index is 1130. The third kappa shape index (κ3) is 4.73. The maximum Gasteiger partial charge on any atom is 0.258 e. The van der Waals surface area contributed by atoms with Crippen molar-refractivity contribution >= 4 is 40.7 Å². The number of aromatic nitrogens is 1. The zero-order chi connectivity index (χ0) is 22.0. The molecule has 3 aromatic rings. The van der Waals surface area contributed by atoms with Crippen LogP contribution >= 0.6 is 23.2 Å². The Hall–Kier alpha value is -2.89. The predicted molar refractivity (Wildman–Crippen MR) is 123 cm³/mol. The molecule has 2 aromatic carbocycles. The van der Waals surface area contributed by atoms with E-state index in [4.69, 9.17) is 23.2 Å². The van der Waals surface area contributed by atoms with Gasteiger partial charge in [-0.15, -0.1) is 0 Å². The van der Waals surface area contributed by atoms with E-state index in [9.17, 15) is 9.59 Å².